The van der Waals surface area contributed by atoms with Gasteiger partial charge in [-0.05, 0) is 42.3 Å². The topological polar surface area (TPSA) is 115 Å². The molecule has 0 radical (unpaired) electrons. The maximum Gasteiger partial charge on any atom is 0.300 e. The number of hydrogen-bond donors (Lipinski definition) is 3. The van der Waals surface area contributed by atoms with Crippen molar-refractivity contribution in [3.8, 4) is 5.75 Å². The quantitative estimate of drug-likeness (QED) is 0.710. The zero-order chi connectivity index (χ0) is 19.5. The highest BCUT2D eigenvalue weighted by Gasteiger charge is 2.13. The minimum Gasteiger partial charge on any atom is -0.491 e. The third kappa shape index (κ3) is 7.50. The number of aliphatic carboxylic acids is 1. The van der Waals surface area contributed by atoms with E-state index in [9.17, 15) is 4.79 Å². The average molecular weight is 380 g/mol. The normalized spacial score (nSPS) is 9.69. The van der Waals surface area contributed by atoms with Crippen LogP contribution in [-0.2, 0) is 11.3 Å². The van der Waals surface area contributed by atoms with Gasteiger partial charge in [-0.25, -0.2) is 0 Å². The van der Waals surface area contributed by atoms with Crippen LogP contribution in [0.4, 0.5) is 0 Å². The lowest BCUT2D eigenvalue weighted by Crippen LogP contribution is -2.24. The van der Waals surface area contributed by atoms with Crippen molar-refractivity contribution >= 4 is 23.5 Å². The minimum atomic E-state index is -0.833. The van der Waals surface area contributed by atoms with Crippen molar-refractivity contribution in [1.82, 2.24) is 10.3 Å². The van der Waals surface area contributed by atoms with E-state index in [2.05, 4.69) is 10.3 Å². The predicted molar refractivity (Wildman–Crippen MR) is 99.5 cm³/mol. The number of halogens is 1. The molecule has 1 heterocycles. The van der Waals surface area contributed by atoms with Crippen LogP contribution in [0, 0.1) is 6.92 Å². The van der Waals surface area contributed by atoms with Gasteiger partial charge in [-0.3, -0.25) is 14.6 Å². The van der Waals surface area contributed by atoms with E-state index in [1.807, 2.05) is 13.0 Å². The van der Waals surface area contributed by atoms with Gasteiger partial charge in [0.25, 0.3) is 11.9 Å². The molecule has 1 amide bonds. The fourth-order valence-electron chi connectivity index (χ4n) is 1.95. The van der Waals surface area contributed by atoms with Crippen molar-refractivity contribution in [3.63, 3.8) is 0 Å². The molecule has 1 aromatic heterocycles. The number of benzene rings is 1. The molecule has 0 aliphatic heterocycles. The highest BCUT2D eigenvalue weighted by Crippen LogP contribution is 2.23. The number of aromatic nitrogens is 1. The number of rotatable bonds is 6. The summed E-state index contributed by atoms with van der Waals surface area (Å²) in [6.45, 7) is 4.16. The molecule has 2 rings (SSSR count). The van der Waals surface area contributed by atoms with Crippen LogP contribution in [0.3, 0.4) is 0 Å². The lowest BCUT2D eigenvalue weighted by atomic mass is 10.1. The van der Waals surface area contributed by atoms with Crippen LogP contribution in [-0.4, -0.2) is 35.1 Å². The predicted octanol–water partition coefficient (Wildman–Crippen LogP) is 2.40. The van der Waals surface area contributed by atoms with Crippen LogP contribution in [0.15, 0.2) is 36.7 Å². The number of carbonyl (C=O) groups is 2. The van der Waals surface area contributed by atoms with E-state index < -0.39 is 5.97 Å². The Labute approximate surface area is 157 Å². The average Bonchev–Trinajstić information content (AvgIpc) is 2.59. The van der Waals surface area contributed by atoms with Crippen LogP contribution in [0.5, 0.6) is 5.75 Å². The van der Waals surface area contributed by atoms with Gasteiger partial charge in [-0.15, -0.1) is 0 Å². The molecule has 2 aromatic rings. The molecule has 0 saturated heterocycles. The molecular weight excluding hydrogens is 358 g/mol. The molecule has 0 spiro atoms. The number of nitrogens with one attached hydrogen (secondary N) is 1. The second-order valence-corrected chi connectivity index (χ2v) is 5.72. The van der Waals surface area contributed by atoms with Crippen LogP contribution in [0.1, 0.15) is 28.4 Å². The zero-order valence-corrected chi connectivity index (χ0v) is 15.4. The highest BCUT2D eigenvalue weighted by atomic mass is 35.5. The fourth-order valence-corrected chi connectivity index (χ4v) is 2.12. The van der Waals surface area contributed by atoms with Gasteiger partial charge in [0.2, 0.25) is 0 Å². The van der Waals surface area contributed by atoms with Gasteiger partial charge in [0.15, 0.2) is 0 Å². The van der Waals surface area contributed by atoms with Gasteiger partial charge in [0.1, 0.15) is 12.4 Å². The van der Waals surface area contributed by atoms with E-state index in [4.69, 9.17) is 32.0 Å². The number of nitrogens with two attached hydrogens (primary N) is 1. The summed E-state index contributed by atoms with van der Waals surface area (Å²) in [4.78, 5) is 25.4. The number of carbonyl (C=O) groups excluding carboxylic acids is 1. The summed E-state index contributed by atoms with van der Waals surface area (Å²) < 4.78 is 5.48. The maximum absolute atomic E-state index is 12.4. The number of carboxylic acid groups (broad SMARTS) is 1. The number of pyridine rings is 1. The zero-order valence-electron chi connectivity index (χ0n) is 14.7. The van der Waals surface area contributed by atoms with E-state index >= 15 is 0 Å². The molecule has 8 heteroatoms. The van der Waals surface area contributed by atoms with E-state index in [-0.39, 0.29) is 5.91 Å². The number of carboxylic acids is 1. The number of aryl methyl sites for hydroxylation is 1. The molecule has 0 aliphatic carbocycles. The summed E-state index contributed by atoms with van der Waals surface area (Å²) in [6.07, 6.45) is 3.46. The second-order valence-electron chi connectivity index (χ2n) is 5.28. The van der Waals surface area contributed by atoms with Crippen molar-refractivity contribution in [3.05, 3.63) is 58.4 Å². The van der Waals surface area contributed by atoms with Crippen molar-refractivity contribution in [2.75, 3.05) is 13.2 Å². The van der Waals surface area contributed by atoms with Crippen molar-refractivity contribution in [2.45, 2.75) is 20.4 Å². The molecule has 0 aliphatic rings. The van der Waals surface area contributed by atoms with Gasteiger partial charge in [0, 0.05) is 37.4 Å². The first kappa shape index (κ1) is 21.4. The monoisotopic (exact) mass is 379 g/mol. The summed E-state index contributed by atoms with van der Waals surface area (Å²) >= 11 is 5.97. The Kier molecular flexibility index (Phi) is 9.11. The molecule has 26 heavy (non-hydrogen) atoms. The molecule has 0 saturated carbocycles. The van der Waals surface area contributed by atoms with E-state index in [1.165, 1.54) is 0 Å². The minimum absolute atomic E-state index is 0.245. The third-order valence-corrected chi connectivity index (χ3v) is 3.37. The molecule has 7 nitrogen and oxygen atoms in total. The van der Waals surface area contributed by atoms with E-state index in [0.717, 1.165) is 18.1 Å². The number of ether oxygens (including phenoxy) is 1. The molecule has 0 bridgehead atoms. The first-order valence-corrected chi connectivity index (χ1v) is 8.22. The van der Waals surface area contributed by atoms with Gasteiger partial charge in [-0.1, -0.05) is 11.6 Å². The Bertz CT molecular complexity index is 749. The summed E-state index contributed by atoms with van der Waals surface area (Å²) in [6, 6.07) is 6.81. The molecule has 0 fully saturated rings. The fraction of sp³-hybridized carbons (Fsp3) is 0.278. The van der Waals surface area contributed by atoms with Crippen LogP contribution >= 0.6 is 11.6 Å². The lowest BCUT2D eigenvalue weighted by Gasteiger charge is -2.12. The summed E-state index contributed by atoms with van der Waals surface area (Å²) in [5, 5.41) is 10.8. The summed E-state index contributed by atoms with van der Waals surface area (Å²) in [5.41, 5.74) is 7.85. The molecule has 1 aromatic carbocycles. The van der Waals surface area contributed by atoms with Crippen LogP contribution in [0.25, 0.3) is 0 Å². The number of hydrogen-bond acceptors (Lipinski definition) is 5. The van der Waals surface area contributed by atoms with Gasteiger partial charge in [0.05, 0.1) is 5.56 Å². The Morgan fingerprint density at radius 3 is 2.65 bits per heavy atom. The summed E-state index contributed by atoms with van der Waals surface area (Å²) in [7, 11) is 0. The highest BCUT2D eigenvalue weighted by molar-refractivity contribution is 6.31. The molecule has 140 valence electrons. The van der Waals surface area contributed by atoms with Gasteiger partial charge in [-0.2, -0.15) is 0 Å². The largest absolute Gasteiger partial charge is 0.491 e. The van der Waals surface area contributed by atoms with Gasteiger partial charge >= 0.3 is 0 Å². The first-order chi connectivity index (χ1) is 12.3. The maximum atomic E-state index is 12.4. The standard InChI is InChI=1S/C16H18ClN3O2.C2H4O2/c1-11-9-19-6-4-12(11)10-20-16(21)14-8-13(17)2-3-15(14)22-7-5-18;1-2(3)4/h2-4,6,8-9H,5,7,10,18H2,1H3,(H,20,21);1H3,(H,3,4). The van der Waals surface area contributed by atoms with Gasteiger partial charge < -0.3 is 20.9 Å². The SMILES string of the molecule is CC(=O)O.Cc1cnccc1CNC(=O)c1cc(Cl)ccc1OCCN. The molecular formula is C18H22ClN3O4. The molecule has 4 N–H and O–H groups in total. The third-order valence-electron chi connectivity index (χ3n) is 3.14. The number of amides is 1. The van der Waals surface area contributed by atoms with E-state index in [0.29, 0.717) is 36.0 Å². The Morgan fingerprint density at radius 1 is 1.35 bits per heavy atom. The van der Waals surface area contributed by atoms with Crippen LogP contribution < -0.4 is 15.8 Å². The Balaban J connectivity index is 0.000000765. The summed E-state index contributed by atoms with van der Waals surface area (Å²) in [5.74, 6) is -0.607. The molecule has 0 atom stereocenters. The Morgan fingerprint density at radius 2 is 2.04 bits per heavy atom. The smallest absolute Gasteiger partial charge is 0.300 e. The molecule has 0 unspecified atom stereocenters. The van der Waals surface area contributed by atoms with Crippen LogP contribution in [0.2, 0.25) is 5.02 Å². The number of nitrogens with zero attached hydrogens (tertiary/aromatic N) is 1. The van der Waals surface area contributed by atoms with Crippen molar-refractivity contribution < 1.29 is 19.4 Å². The second kappa shape index (κ2) is 11.1. The first-order valence-electron chi connectivity index (χ1n) is 7.84. The van der Waals surface area contributed by atoms with Crippen molar-refractivity contribution in [2.24, 2.45) is 5.73 Å². The van der Waals surface area contributed by atoms with Crippen molar-refractivity contribution in [1.29, 1.82) is 0 Å². The van der Waals surface area contributed by atoms with E-state index in [1.54, 1.807) is 30.6 Å². The Hall–Kier alpha value is -2.64. The lowest BCUT2D eigenvalue weighted by molar-refractivity contribution is -0.134.